The van der Waals surface area contributed by atoms with Gasteiger partial charge in [-0.3, -0.25) is 9.35 Å². The number of rotatable bonds is 4. The summed E-state index contributed by atoms with van der Waals surface area (Å²) in [5.41, 5.74) is 0. The van der Waals surface area contributed by atoms with Gasteiger partial charge in [-0.25, -0.2) is 4.18 Å². The van der Waals surface area contributed by atoms with Gasteiger partial charge in [0.2, 0.25) is 11.7 Å². The summed E-state index contributed by atoms with van der Waals surface area (Å²) in [5.74, 6) is -3.95. The smallest absolute Gasteiger partial charge is 0.394 e. The van der Waals surface area contributed by atoms with Crippen molar-refractivity contribution in [2.45, 2.75) is 37.3 Å². The number of amides is 1. The standard InChI is InChI=1S/C8H15NO10S/c1-3(11)9-5-7(13)18-4(2-10)6(12)8(5,14)19-20(15,16)17/h4-7,10,12-14H,2H2,1H3,(H,9,11)(H,15,16,17)/t4-,5+,6-,7-,8+/m1/s1. The molecule has 1 amide bonds. The number of hydrogen-bond acceptors (Lipinski definition) is 9. The molecule has 0 unspecified atom stereocenters. The van der Waals surface area contributed by atoms with Crippen LogP contribution in [0.3, 0.4) is 0 Å². The lowest BCUT2D eigenvalue weighted by molar-refractivity contribution is -0.339. The molecule has 1 aliphatic heterocycles. The molecule has 0 aromatic heterocycles. The molecule has 0 bridgehead atoms. The summed E-state index contributed by atoms with van der Waals surface area (Å²) in [6, 6.07) is -1.93. The summed E-state index contributed by atoms with van der Waals surface area (Å²) >= 11 is 0. The van der Waals surface area contributed by atoms with Crippen LogP contribution in [-0.2, 0) is 24.1 Å². The second-order valence-corrected chi connectivity index (χ2v) is 5.16. The third-order valence-corrected chi connectivity index (χ3v) is 3.08. The van der Waals surface area contributed by atoms with Crippen LogP contribution in [0.1, 0.15) is 6.92 Å². The van der Waals surface area contributed by atoms with Crippen molar-refractivity contribution < 1.29 is 47.1 Å². The van der Waals surface area contributed by atoms with Crippen LogP contribution in [-0.4, -0.2) is 76.2 Å². The fourth-order valence-electron chi connectivity index (χ4n) is 1.79. The second-order valence-electron chi connectivity index (χ2n) is 4.13. The number of carbonyl (C=O) groups excluding carboxylic acids is 1. The van der Waals surface area contributed by atoms with Crippen molar-refractivity contribution in [3.05, 3.63) is 0 Å². The maximum Gasteiger partial charge on any atom is 0.400 e. The lowest BCUT2D eigenvalue weighted by atomic mass is 9.93. The van der Waals surface area contributed by atoms with Crippen molar-refractivity contribution in [1.29, 1.82) is 0 Å². The van der Waals surface area contributed by atoms with E-state index in [4.69, 9.17) is 14.4 Å². The average molecular weight is 317 g/mol. The molecule has 118 valence electrons. The molecule has 0 saturated carbocycles. The normalized spacial score (nSPS) is 38.5. The van der Waals surface area contributed by atoms with Gasteiger partial charge in [-0.05, 0) is 0 Å². The van der Waals surface area contributed by atoms with E-state index in [1.165, 1.54) is 0 Å². The molecule has 1 aliphatic rings. The maximum absolute atomic E-state index is 11.0. The van der Waals surface area contributed by atoms with Crippen molar-refractivity contribution in [1.82, 2.24) is 5.32 Å². The van der Waals surface area contributed by atoms with Crippen LogP contribution in [0.15, 0.2) is 0 Å². The highest BCUT2D eigenvalue weighted by Gasteiger charge is 2.59. The number of aliphatic hydroxyl groups excluding tert-OH is 3. The van der Waals surface area contributed by atoms with Gasteiger partial charge in [0.25, 0.3) is 0 Å². The summed E-state index contributed by atoms with van der Waals surface area (Å²) < 4.78 is 38.8. The van der Waals surface area contributed by atoms with Crippen LogP contribution in [0.5, 0.6) is 0 Å². The Morgan fingerprint density at radius 1 is 1.45 bits per heavy atom. The lowest BCUT2D eigenvalue weighted by Gasteiger charge is -2.46. The Morgan fingerprint density at radius 3 is 2.40 bits per heavy atom. The minimum atomic E-state index is -5.25. The molecule has 0 aromatic carbocycles. The van der Waals surface area contributed by atoms with Gasteiger partial charge in [0, 0.05) is 6.92 Å². The number of hydrogen-bond donors (Lipinski definition) is 6. The molecule has 1 heterocycles. The van der Waals surface area contributed by atoms with Crippen LogP contribution in [0.25, 0.3) is 0 Å². The molecule has 1 fully saturated rings. The van der Waals surface area contributed by atoms with Crippen LogP contribution >= 0.6 is 0 Å². The summed E-state index contributed by atoms with van der Waals surface area (Å²) in [6.45, 7) is 0.0766. The quantitative estimate of drug-likeness (QED) is 0.221. The molecule has 1 rings (SSSR count). The van der Waals surface area contributed by atoms with Crippen molar-refractivity contribution in [2.24, 2.45) is 0 Å². The number of aliphatic hydroxyl groups is 4. The Kier molecular flexibility index (Phi) is 5.04. The third kappa shape index (κ3) is 3.62. The third-order valence-electron chi connectivity index (χ3n) is 2.60. The van der Waals surface area contributed by atoms with E-state index in [1.54, 1.807) is 0 Å². The van der Waals surface area contributed by atoms with Gasteiger partial charge in [-0.15, -0.1) is 0 Å². The molecule has 0 aliphatic carbocycles. The number of ether oxygens (including phenoxy) is 1. The van der Waals surface area contributed by atoms with E-state index >= 15 is 0 Å². The molecule has 11 nitrogen and oxygen atoms in total. The van der Waals surface area contributed by atoms with Crippen molar-refractivity contribution in [2.75, 3.05) is 6.61 Å². The fraction of sp³-hybridized carbons (Fsp3) is 0.875. The predicted molar refractivity (Wildman–Crippen MR) is 59.2 cm³/mol. The predicted octanol–water partition coefficient (Wildman–Crippen LogP) is -3.93. The van der Waals surface area contributed by atoms with Crippen LogP contribution in [0, 0.1) is 0 Å². The van der Waals surface area contributed by atoms with Gasteiger partial charge in [0.05, 0.1) is 6.61 Å². The van der Waals surface area contributed by atoms with Crippen molar-refractivity contribution in [3.63, 3.8) is 0 Å². The van der Waals surface area contributed by atoms with E-state index in [0.717, 1.165) is 6.92 Å². The Morgan fingerprint density at radius 2 is 2.00 bits per heavy atom. The molecule has 5 atom stereocenters. The summed E-state index contributed by atoms with van der Waals surface area (Å²) in [5, 5.41) is 40.3. The largest absolute Gasteiger partial charge is 0.400 e. The van der Waals surface area contributed by atoms with Gasteiger partial charge in [-0.2, -0.15) is 8.42 Å². The average Bonchev–Trinajstić information content (AvgIpc) is 2.27. The Labute approximate surface area is 113 Å². The first-order chi connectivity index (χ1) is 9.01. The van der Waals surface area contributed by atoms with Gasteiger partial charge < -0.3 is 30.5 Å². The molecule has 20 heavy (non-hydrogen) atoms. The van der Waals surface area contributed by atoms with E-state index in [9.17, 15) is 28.5 Å². The first-order valence-electron chi connectivity index (χ1n) is 5.31. The monoisotopic (exact) mass is 317 g/mol. The summed E-state index contributed by atoms with van der Waals surface area (Å²) in [7, 11) is -5.25. The second kappa shape index (κ2) is 5.87. The Hall–Kier alpha value is -0.860. The molecule has 12 heteroatoms. The number of nitrogens with one attached hydrogen (secondary N) is 1. The zero-order valence-corrected chi connectivity index (χ0v) is 11.0. The molecule has 1 saturated heterocycles. The summed E-state index contributed by atoms with van der Waals surface area (Å²) in [4.78, 5) is 11.0. The van der Waals surface area contributed by atoms with Crippen LogP contribution in [0.4, 0.5) is 0 Å². The lowest BCUT2D eigenvalue weighted by Crippen LogP contribution is -2.73. The molecule has 0 aromatic rings. The van der Waals surface area contributed by atoms with Gasteiger partial charge in [-0.1, -0.05) is 0 Å². The van der Waals surface area contributed by atoms with Crippen molar-refractivity contribution >= 4 is 16.3 Å². The molecular weight excluding hydrogens is 302 g/mol. The first kappa shape index (κ1) is 17.2. The zero-order valence-electron chi connectivity index (χ0n) is 10.2. The minimum Gasteiger partial charge on any atom is -0.394 e. The van der Waals surface area contributed by atoms with Gasteiger partial charge >= 0.3 is 10.4 Å². The minimum absolute atomic E-state index is 0.815. The molecule has 6 N–H and O–H groups in total. The topological polar surface area (TPSA) is 183 Å². The Bertz CT molecular complexity index is 466. The van der Waals surface area contributed by atoms with Gasteiger partial charge in [0.15, 0.2) is 6.29 Å². The van der Waals surface area contributed by atoms with E-state index in [1.807, 2.05) is 5.32 Å². The maximum atomic E-state index is 11.0. The first-order valence-corrected chi connectivity index (χ1v) is 6.67. The highest BCUT2D eigenvalue weighted by molar-refractivity contribution is 7.80. The van der Waals surface area contributed by atoms with E-state index in [-0.39, 0.29) is 0 Å². The Balaban J connectivity index is 3.20. The molecular formula is C8H15NO10S. The van der Waals surface area contributed by atoms with Crippen LogP contribution in [0.2, 0.25) is 0 Å². The van der Waals surface area contributed by atoms with E-state index in [0.29, 0.717) is 0 Å². The fourth-order valence-corrected chi connectivity index (χ4v) is 2.33. The summed E-state index contributed by atoms with van der Waals surface area (Å²) in [6.07, 6.45) is -5.80. The SMILES string of the molecule is CC(=O)N[C@H]1[C@H](O)O[C@H](CO)[C@@H](O)[C@@]1(O)OS(=O)(=O)O. The number of carbonyl (C=O) groups is 1. The molecule has 0 radical (unpaired) electrons. The van der Waals surface area contributed by atoms with Gasteiger partial charge in [0.1, 0.15) is 18.2 Å². The van der Waals surface area contributed by atoms with E-state index < -0.39 is 53.2 Å². The molecule has 0 spiro atoms. The highest BCUT2D eigenvalue weighted by atomic mass is 32.3. The van der Waals surface area contributed by atoms with Crippen molar-refractivity contribution in [3.8, 4) is 0 Å². The zero-order chi connectivity index (χ0) is 15.7. The van der Waals surface area contributed by atoms with Crippen LogP contribution < -0.4 is 5.32 Å². The highest BCUT2D eigenvalue weighted by Crippen LogP contribution is 2.31. The van der Waals surface area contributed by atoms with E-state index in [2.05, 4.69) is 4.18 Å².